The molecule has 3 aromatic rings. The van der Waals surface area contributed by atoms with Crippen molar-refractivity contribution < 1.29 is 4.79 Å². The molecule has 3 heterocycles. The van der Waals surface area contributed by atoms with Gasteiger partial charge in [-0.3, -0.25) is 10.1 Å². The standard InChI is InChI=1S/C20H22N4OS2.ClH/c25-19(24-20-22-12-17(27-20)15-8-10-21-11-9-15)16-13-26-18(23-16)7-6-14-4-2-1-3-5-14;/h1-5,12-13,15,21H,6-11H2,(H,22,24,25);1H. The van der Waals surface area contributed by atoms with E-state index in [-0.39, 0.29) is 18.3 Å². The molecule has 2 N–H and O–H groups in total. The Morgan fingerprint density at radius 2 is 1.96 bits per heavy atom. The monoisotopic (exact) mass is 434 g/mol. The van der Waals surface area contributed by atoms with Crippen LogP contribution in [0.25, 0.3) is 0 Å². The predicted octanol–water partition coefficient (Wildman–Crippen LogP) is 4.53. The Morgan fingerprint density at radius 3 is 2.75 bits per heavy atom. The highest BCUT2D eigenvalue weighted by molar-refractivity contribution is 7.15. The van der Waals surface area contributed by atoms with Crippen molar-refractivity contribution in [2.75, 3.05) is 18.4 Å². The molecule has 0 spiro atoms. The van der Waals surface area contributed by atoms with Crippen LogP contribution >= 0.6 is 35.1 Å². The molecule has 5 nitrogen and oxygen atoms in total. The lowest BCUT2D eigenvalue weighted by molar-refractivity contribution is 0.102. The molecule has 1 amide bonds. The Balaban J connectivity index is 0.00000225. The third-order valence-electron chi connectivity index (χ3n) is 4.74. The first kappa shape index (κ1) is 20.9. The third-order valence-corrected chi connectivity index (χ3v) is 6.72. The first-order valence-electron chi connectivity index (χ1n) is 9.24. The largest absolute Gasteiger partial charge is 0.317 e. The number of halogens is 1. The van der Waals surface area contributed by atoms with Crippen molar-refractivity contribution in [2.24, 2.45) is 0 Å². The molecule has 0 radical (unpaired) electrons. The highest BCUT2D eigenvalue weighted by Gasteiger charge is 2.19. The van der Waals surface area contributed by atoms with Gasteiger partial charge < -0.3 is 5.32 Å². The molecule has 8 heteroatoms. The predicted molar refractivity (Wildman–Crippen MR) is 118 cm³/mol. The Morgan fingerprint density at radius 1 is 1.18 bits per heavy atom. The number of rotatable bonds is 6. The van der Waals surface area contributed by atoms with Crippen LogP contribution in [0.5, 0.6) is 0 Å². The zero-order valence-electron chi connectivity index (χ0n) is 15.4. The molecule has 2 aromatic heterocycles. The summed E-state index contributed by atoms with van der Waals surface area (Å²) in [6.07, 6.45) is 5.95. The van der Waals surface area contributed by atoms with Gasteiger partial charge in [-0.15, -0.1) is 35.1 Å². The number of nitrogens with one attached hydrogen (secondary N) is 2. The molecule has 1 aliphatic heterocycles. The molecule has 148 valence electrons. The van der Waals surface area contributed by atoms with Crippen molar-refractivity contribution in [2.45, 2.75) is 31.6 Å². The number of thiazole rings is 2. The lowest BCUT2D eigenvalue weighted by atomic mass is 9.97. The number of piperidine rings is 1. The van der Waals surface area contributed by atoms with Gasteiger partial charge >= 0.3 is 0 Å². The first-order valence-corrected chi connectivity index (χ1v) is 10.9. The number of benzene rings is 1. The van der Waals surface area contributed by atoms with Gasteiger partial charge in [-0.25, -0.2) is 9.97 Å². The number of carbonyl (C=O) groups excluding carboxylic acids is 1. The molecule has 0 saturated carbocycles. The second-order valence-electron chi connectivity index (χ2n) is 6.66. The Hall–Kier alpha value is -1.80. The van der Waals surface area contributed by atoms with E-state index < -0.39 is 0 Å². The molecule has 1 fully saturated rings. The van der Waals surface area contributed by atoms with Gasteiger partial charge in [0, 0.05) is 22.9 Å². The molecular formula is C20H23ClN4OS2. The second kappa shape index (κ2) is 10.1. The Bertz CT molecular complexity index is 891. The molecule has 28 heavy (non-hydrogen) atoms. The number of carbonyl (C=O) groups is 1. The number of aryl methyl sites for hydroxylation is 2. The van der Waals surface area contributed by atoms with Crippen LogP contribution in [0.1, 0.15) is 44.7 Å². The molecular weight excluding hydrogens is 412 g/mol. The van der Waals surface area contributed by atoms with Gasteiger partial charge in [0.2, 0.25) is 0 Å². The fourth-order valence-electron chi connectivity index (χ4n) is 3.23. The van der Waals surface area contributed by atoms with Gasteiger partial charge in [-0.1, -0.05) is 30.3 Å². The zero-order valence-corrected chi connectivity index (χ0v) is 17.8. The maximum atomic E-state index is 12.5. The third kappa shape index (κ3) is 5.38. The Kier molecular flexibility index (Phi) is 7.56. The number of aromatic nitrogens is 2. The van der Waals surface area contributed by atoms with Gasteiger partial charge in [-0.05, 0) is 43.8 Å². The minimum atomic E-state index is -0.177. The quantitative estimate of drug-likeness (QED) is 0.598. The van der Waals surface area contributed by atoms with E-state index in [4.69, 9.17) is 0 Å². The number of hydrogen-bond acceptors (Lipinski definition) is 6. The molecule has 0 unspecified atom stereocenters. The summed E-state index contributed by atoms with van der Waals surface area (Å²) < 4.78 is 0. The van der Waals surface area contributed by atoms with Crippen molar-refractivity contribution >= 4 is 46.1 Å². The van der Waals surface area contributed by atoms with Gasteiger partial charge in [0.25, 0.3) is 5.91 Å². The van der Waals surface area contributed by atoms with E-state index in [1.807, 2.05) is 29.8 Å². The van der Waals surface area contributed by atoms with Gasteiger partial charge in [0.05, 0.1) is 5.01 Å². The van der Waals surface area contributed by atoms with Crippen molar-refractivity contribution in [3.05, 3.63) is 63.1 Å². The molecule has 0 bridgehead atoms. The molecule has 4 rings (SSSR count). The van der Waals surface area contributed by atoms with Crippen molar-refractivity contribution in [3.8, 4) is 0 Å². The van der Waals surface area contributed by atoms with Crippen LogP contribution < -0.4 is 10.6 Å². The van der Waals surface area contributed by atoms with Gasteiger partial charge in [0.1, 0.15) is 5.69 Å². The topological polar surface area (TPSA) is 66.9 Å². The van der Waals surface area contributed by atoms with Crippen LogP contribution in [-0.4, -0.2) is 29.0 Å². The zero-order chi connectivity index (χ0) is 18.5. The summed E-state index contributed by atoms with van der Waals surface area (Å²) in [6.45, 7) is 2.10. The van der Waals surface area contributed by atoms with Gasteiger partial charge in [0.15, 0.2) is 5.13 Å². The van der Waals surface area contributed by atoms with E-state index in [9.17, 15) is 4.79 Å². The molecule has 1 saturated heterocycles. The van der Waals surface area contributed by atoms with E-state index in [1.165, 1.54) is 21.8 Å². The summed E-state index contributed by atoms with van der Waals surface area (Å²) in [5, 5.41) is 9.75. The summed E-state index contributed by atoms with van der Waals surface area (Å²) in [6, 6.07) is 10.3. The fourth-order valence-corrected chi connectivity index (χ4v) is 4.99. The maximum absolute atomic E-state index is 12.5. The average molecular weight is 435 g/mol. The van der Waals surface area contributed by atoms with E-state index in [0.29, 0.717) is 16.7 Å². The highest BCUT2D eigenvalue weighted by atomic mass is 35.5. The minimum Gasteiger partial charge on any atom is -0.317 e. The summed E-state index contributed by atoms with van der Waals surface area (Å²) >= 11 is 3.12. The molecule has 0 aliphatic carbocycles. The second-order valence-corrected chi connectivity index (χ2v) is 8.66. The van der Waals surface area contributed by atoms with E-state index in [1.54, 1.807) is 11.3 Å². The lowest BCUT2D eigenvalue weighted by Crippen LogP contribution is -2.26. The SMILES string of the molecule is Cl.O=C(Nc1ncc(C2CCNCC2)s1)c1csc(CCc2ccccc2)n1. The number of nitrogens with zero attached hydrogens (tertiary/aromatic N) is 2. The van der Waals surface area contributed by atoms with Gasteiger partial charge in [-0.2, -0.15) is 0 Å². The van der Waals surface area contributed by atoms with Crippen LogP contribution in [0.3, 0.4) is 0 Å². The molecule has 1 aromatic carbocycles. The van der Waals surface area contributed by atoms with Crippen LogP contribution in [0.2, 0.25) is 0 Å². The fraction of sp³-hybridized carbons (Fsp3) is 0.350. The average Bonchev–Trinajstić information content (AvgIpc) is 3.38. The van der Waals surface area contributed by atoms with Crippen LogP contribution in [0.4, 0.5) is 5.13 Å². The number of anilines is 1. The van der Waals surface area contributed by atoms with Crippen molar-refractivity contribution in [1.29, 1.82) is 0 Å². The van der Waals surface area contributed by atoms with Crippen LogP contribution in [-0.2, 0) is 12.8 Å². The summed E-state index contributed by atoms with van der Waals surface area (Å²) in [4.78, 5) is 22.6. The van der Waals surface area contributed by atoms with E-state index >= 15 is 0 Å². The molecule has 1 aliphatic rings. The normalized spacial score (nSPS) is 14.4. The van der Waals surface area contributed by atoms with Crippen molar-refractivity contribution in [3.63, 3.8) is 0 Å². The smallest absolute Gasteiger partial charge is 0.276 e. The van der Waals surface area contributed by atoms with E-state index in [0.717, 1.165) is 43.8 Å². The maximum Gasteiger partial charge on any atom is 0.276 e. The van der Waals surface area contributed by atoms with Crippen LogP contribution in [0.15, 0.2) is 41.9 Å². The summed E-state index contributed by atoms with van der Waals surface area (Å²) in [7, 11) is 0. The number of amides is 1. The van der Waals surface area contributed by atoms with Crippen LogP contribution in [0, 0.1) is 0 Å². The van der Waals surface area contributed by atoms with E-state index in [2.05, 4.69) is 32.7 Å². The first-order chi connectivity index (χ1) is 13.3. The molecule has 0 atom stereocenters. The number of hydrogen-bond donors (Lipinski definition) is 2. The Labute approximate surface area is 179 Å². The summed E-state index contributed by atoms with van der Waals surface area (Å²) in [5.74, 6) is 0.377. The summed E-state index contributed by atoms with van der Waals surface area (Å²) in [5.41, 5.74) is 1.76. The minimum absolute atomic E-state index is 0. The lowest BCUT2D eigenvalue weighted by Gasteiger charge is -2.20. The highest BCUT2D eigenvalue weighted by Crippen LogP contribution is 2.31. The van der Waals surface area contributed by atoms with Crippen molar-refractivity contribution in [1.82, 2.24) is 15.3 Å².